The molecule has 2 nitrogen and oxygen atoms in total. The Morgan fingerprint density at radius 3 is 3.00 bits per heavy atom. The molecule has 1 atom stereocenters. The van der Waals surface area contributed by atoms with Gasteiger partial charge in [0.2, 0.25) is 0 Å². The molecular formula is C16H25NO. The van der Waals surface area contributed by atoms with Gasteiger partial charge in [0.05, 0.1) is 6.61 Å². The molecule has 1 aliphatic rings. The van der Waals surface area contributed by atoms with Gasteiger partial charge in [0.1, 0.15) is 5.75 Å². The van der Waals surface area contributed by atoms with Crippen LogP contribution in [0.1, 0.15) is 44.2 Å². The van der Waals surface area contributed by atoms with E-state index in [0.717, 1.165) is 26.0 Å². The summed E-state index contributed by atoms with van der Waals surface area (Å²) >= 11 is 0. The fourth-order valence-electron chi connectivity index (χ4n) is 2.72. The summed E-state index contributed by atoms with van der Waals surface area (Å²) in [5, 5.41) is 3.54. The number of aryl methyl sites for hydroxylation is 2. The van der Waals surface area contributed by atoms with Gasteiger partial charge in [-0.05, 0) is 49.8 Å². The summed E-state index contributed by atoms with van der Waals surface area (Å²) in [6.07, 6.45) is 5.85. The average Bonchev–Trinajstić information content (AvgIpc) is 2.43. The molecule has 1 aliphatic heterocycles. The van der Waals surface area contributed by atoms with Crippen molar-refractivity contribution in [1.29, 1.82) is 0 Å². The maximum atomic E-state index is 5.86. The van der Waals surface area contributed by atoms with Crippen molar-refractivity contribution in [2.45, 2.75) is 52.0 Å². The molecule has 0 aromatic heterocycles. The Balaban J connectivity index is 2.00. The number of hydrogen-bond acceptors (Lipinski definition) is 2. The molecule has 0 bridgehead atoms. The highest BCUT2D eigenvalue weighted by Crippen LogP contribution is 2.29. The van der Waals surface area contributed by atoms with Gasteiger partial charge in [0, 0.05) is 6.04 Å². The van der Waals surface area contributed by atoms with E-state index in [1.54, 1.807) is 0 Å². The third-order valence-corrected chi connectivity index (χ3v) is 3.76. The summed E-state index contributed by atoms with van der Waals surface area (Å²) in [6, 6.07) is 7.24. The van der Waals surface area contributed by atoms with E-state index >= 15 is 0 Å². The highest BCUT2D eigenvalue weighted by atomic mass is 16.5. The van der Waals surface area contributed by atoms with Gasteiger partial charge in [0.25, 0.3) is 0 Å². The second-order valence-corrected chi connectivity index (χ2v) is 5.06. The van der Waals surface area contributed by atoms with Crippen LogP contribution in [-0.4, -0.2) is 19.2 Å². The van der Waals surface area contributed by atoms with E-state index in [1.807, 2.05) is 0 Å². The Labute approximate surface area is 111 Å². The van der Waals surface area contributed by atoms with Crippen molar-refractivity contribution < 1.29 is 4.74 Å². The molecule has 1 aromatic carbocycles. The largest absolute Gasteiger partial charge is 0.493 e. The van der Waals surface area contributed by atoms with Crippen LogP contribution in [0, 0.1) is 0 Å². The number of ether oxygens (including phenoxy) is 1. The normalized spacial score (nSPS) is 15.9. The molecule has 0 radical (unpaired) electrons. The van der Waals surface area contributed by atoms with Crippen molar-refractivity contribution >= 4 is 0 Å². The number of fused-ring (bicyclic) bond motifs is 1. The van der Waals surface area contributed by atoms with Gasteiger partial charge in [0.15, 0.2) is 0 Å². The van der Waals surface area contributed by atoms with E-state index in [9.17, 15) is 0 Å². The maximum Gasteiger partial charge on any atom is 0.125 e. The minimum Gasteiger partial charge on any atom is -0.493 e. The van der Waals surface area contributed by atoms with Crippen LogP contribution in [0.15, 0.2) is 18.2 Å². The van der Waals surface area contributed by atoms with E-state index in [-0.39, 0.29) is 0 Å². The van der Waals surface area contributed by atoms with Crippen molar-refractivity contribution in [2.24, 2.45) is 0 Å². The van der Waals surface area contributed by atoms with Gasteiger partial charge >= 0.3 is 0 Å². The van der Waals surface area contributed by atoms with Crippen molar-refractivity contribution in [3.63, 3.8) is 0 Å². The number of hydrogen-bond donors (Lipinski definition) is 1. The summed E-state index contributed by atoms with van der Waals surface area (Å²) in [5.74, 6) is 1.18. The minimum absolute atomic E-state index is 0.634. The van der Waals surface area contributed by atoms with Crippen molar-refractivity contribution in [3.05, 3.63) is 29.3 Å². The van der Waals surface area contributed by atoms with Gasteiger partial charge in [-0.1, -0.05) is 32.0 Å². The zero-order valence-corrected chi connectivity index (χ0v) is 11.7. The molecular weight excluding hydrogens is 222 g/mol. The predicted molar refractivity (Wildman–Crippen MR) is 76.3 cm³/mol. The summed E-state index contributed by atoms with van der Waals surface area (Å²) in [7, 11) is 0. The van der Waals surface area contributed by atoms with Gasteiger partial charge < -0.3 is 10.1 Å². The number of para-hydroxylation sites is 1. The van der Waals surface area contributed by atoms with Crippen LogP contribution in [-0.2, 0) is 12.8 Å². The Morgan fingerprint density at radius 1 is 1.33 bits per heavy atom. The Bertz CT molecular complexity index is 375. The summed E-state index contributed by atoms with van der Waals surface area (Å²) in [6.45, 7) is 6.37. The molecule has 1 unspecified atom stereocenters. The SMILES string of the molecule is CCNC(CC)CCc1cccc2c1OCCC2. The summed E-state index contributed by atoms with van der Waals surface area (Å²) < 4.78 is 5.86. The van der Waals surface area contributed by atoms with E-state index in [0.29, 0.717) is 6.04 Å². The third kappa shape index (κ3) is 3.26. The minimum atomic E-state index is 0.634. The standard InChI is InChI=1S/C16H25NO/c1-3-15(17-4-2)11-10-14-8-5-7-13-9-6-12-18-16(13)14/h5,7-8,15,17H,3-4,6,9-12H2,1-2H3. The number of benzene rings is 1. The molecule has 100 valence electrons. The highest BCUT2D eigenvalue weighted by molar-refractivity contribution is 5.42. The van der Waals surface area contributed by atoms with Crippen LogP contribution in [0.3, 0.4) is 0 Å². The van der Waals surface area contributed by atoms with Crippen molar-refractivity contribution in [1.82, 2.24) is 5.32 Å². The highest BCUT2D eigenvalue weighted by Gasteiger charge is 2.15. The lowest BCUT2D eigenvalue weighted by molar-refractivity contribution is 0.284. The maximum absolute atomic E-state index is 5.86. The van der Waals surface area contributed by atoms with E-state index < -0.39 is 0 Å². The first-order chi connectivity index (χ1) is 8.85. The monoisotopic (exact) mass is 247 g/mol. The Hall–Kier alpha value is -1.02. The van der Waals surface area contributed by atoms with Crippen molar-refractivity contribution in [2.75, 3.05) is 13.2 Å². The fourth-order valence-corrected chi connectivity index (χ4v) is 2.72. The van der Waals surface area contributed by atoms with Gasteiger partial charge in [-0.3, -0.25) is 0 Å². The van der Waals surface area contributed by atoms with Gasteiger partial charge in [-0.15, -0.1) is 0 Å². The van der Waals surface area contributed by atoms with Gasteiger partial charge in [-0.25, -0.2) is 0 Å². The lowest BCUT2D eigenvalue weighted by Gasteiger charge is -2.21. The van der Waals surface area contributed by atoms with E-state index in [1.165, 1.54) is 36.1 Å². The molecule has 0 saturated carbocycles. The van der Waals surface area contributed by atoms with E-state index in [4.69, 9.17) is 4.74 Å². The van der Waals surface area contributed by atoms with Crippen LogP contribution >= 0.6 is 0 Å². The van der Waals surface area contributed by atoms with E-state index in [2.05, 4.69) is 37.4 Å². The summed E-state index contributed by atoms with van der Waals surface area (Å²) in [5.41, 5.74) is 2.79. The molecule has 0 spiro atoms. The quantitative estimate of drug-likeness (QED) is 0.832. The fraction of sp³-hybridized carbons (Fsp3) is 0.625. The smallest absolute Gasteiger partial charge is 0.125 e. The van der Waals surface area contributed by atoms with Crippen LogP contribution in [0.25, 0.3) is 0 Å². The van der Waals surface area contributed by atoms with Crippen LogP contribution in [0.4, 0.5) is 0 Å². The molecule has 1 aromatic rings. The van der Waals surface area contributed by atoms with Gasteiger partial charge in [-0.2, -0.15) is 0 Å². The first kappa shape index (κ1) is 13.4. The first-order valence-electron chi connectivity index (χ1n) is 7.32. The molecule has 0 aliphatic carbocycles. The molecule has 2 heteroatoms. The molecule has 1 heterocycles. The molecule has 1 N–H and O–H groups in total. The summed E-state index contributed by atoms with van der Waals surface area (Å²) in [4.78, 5) is 0. The molecule has 18 heavy (non-hydrogen) atoms. The average molecular weight is 247 g/mol. The zero-order chi connectivity index (χ0) is 12.8. The molecule has 0 amide bonds. The van der Waals surface area contributed by atoms with Crippen LogP contribution in [0.5, 0.6) is 5.75 Å². The second-order valence-electron chi connectivity index (χ2n) is 5.06. The lowest BCUT2D eigenvalue weighted by atomic mass is 9.97. The van der Waals surface area contributed by atoms with Crippen molar-refractivity contribution in [3.8, 4) is 5.75 Å². The predicted octanol–water partition coefficient (Wildman–Crippen LogP) is 3.33. The van der Waals surface area contributed by atoms with Crippen LogP contribution < -0.4 is 10.1 Å². The number of rotatable bonds is 6. The Kier molecular flexibility index (Phi) is 5.06. The van der Waals surface area contributed by atoms with Crippen LogP contribution in [0.2, 0.25) is 0 Å². The first-order valence-corrected chi connectivity index (χ1v) is 7.32. The zero-order valence-electron chi connectivity index (χ0n) is 11.7. The molecule has 2 rings (SSSR count). The number of nitrogens with one attached hydrogen (secondary N) is 1. The lowest BCUT2D eigenvalue weighted by Crippen LogP contribution is -2.28. The second kappa shape index (κ2) is 6.79. The molecule has 0 fully saturated rings. The Morgan fingerprint density at radius 2 is 2.22 bits per heavy atom. The third-order valence-electron chi connectivity index (χ3n) is 3.76. The molecule has 0 saturated heterocycles. The topological polar surface area (TPSA) is 21.3 Å².